The van der Waals surface area contributed by atoms with E-state index in [2.05, 4.69) is 26.6 Å². The smallest absolute Gasteiger partial charge is 0.252 e. The second-order valence-corrected chi connectivity index (χ2v) is 5.59. The van der Waals surface area contributed by atoms with Crippen LogP contribution in [0.5, 0.6) is 5.75 Å². The summed E-state index contributed by atoms with van der Waals surface area (Å²) in [5.41, 5.74) is 1.65. The number of benzene rings is 2. The average molecular weight is 363 g/mol. The molecule has 0 aliphatic rings. The van der Waals surface area contributed by atoms with E-state index in [9.17, 15) is 14.7 Å². The van der Waals surface area contributed by atoms with Gasteiger partial charge in [0.05, 0.1) is 17.8 Å². The van der Waals surface area contributed by atoms with E-state index in [1.54, 1.807) is 42.5 Å². The molecule has 0 aromatic heterocycles. The highest BCUT2D eigenvalue weighted by molar-refractivity contribution is 9.10. The number of nitrogens with one attached hydrogen (secondary N) is 2. The number of halogens is 1. The summed E-state index contributed by atoms with van der Waals surface area (Å²) >= 11 is 3.28. The molecule has 0 aliphatic heterocycles. The third kappa shape index (κ3) is 4.08. The summed E-state index contributed by atoms with van der Waals surface area (Å²) in [5, 5.41) is 14.8. The van der Waals surface area contributed by atoms with E-state index in [-0.39, 0.29) is 18.2 Å². The third-order valence-corrected chi connectivity index (χ3v) is 3.65. The Morgan fingerprint density at radius 2 is 1.91 bits per heavy atom. The van der Waals surface area contributed by atoms with Crippen LogP contribution in [0.25, 0.3) is 0 Å². The van der Waals surface area contributed by atoms with E-state index in [1.807, 2.05) is 6.92 Å². The molecule has 22 heavy (non-hydrogen) atoms. The van der Waals surface area contributed by atoms with Gasteiger partial charge in [-0.3, -0.25) is 9.59 Å². The molecule has 0 bridgehead atoms. The predicted molar refractivity (Wildman–Crippen MR) is 87.9 cm³/mol. The van der Waals surface area contributed by atoms with Crippen molar-refractivity contribution < 1.29 is 14.7 Å². The molecule has 0 heterocycles. The fourth-order valence-electron chi connectivity index (χ4n) is 1.84. The first-order valence-corrected chi connectivity index (χ1v) is 7.39. The fourth-order valence-corrected chi connectivity index (χ4v) is 2.31. The maximum atomic E-state index is 12.0. The number of carbonyl (C=O) groups is 2. The second kappa shape index (κ2) is 7.09. The van der Waals surface area contributed by atoms with E-state index in [0.717, 1.165) is 5.56 Å². The molecule has 2 aromatic rings. The van der Waals surface area contributed by atoms with Crippen LogP contribution in [0.2, 0.25) is 0 Å². The molecule has 2 rings (SSSR count). The SMILES string of the molecule is Cc1ccc(NC(=O)CNC(=O)c2ccccc2Br)c(O)c1. The molecular formula is C16H15BrN2O3. The first kappa shape index (κ1) is 16.0. The van der Waals surface area contributed by atoms with Crippen LogP contribution in [0.15, 0.2) is 46.9 Å². The van der Waals surface area contributed by atoms with Gasteiger partial charge in [0.25, 0.3) is 5.91 Å². The molecule has 0 fully saturated rings. The van der Waals surface area contributed by atoms with Crippen molar-refractivity contribution in [3.8, 4) is 5.75 Å². The van der Waals surface area contributed by atoms with Gasteiger partial charge in [-0.15, -0.1) is 0 Å². The monoisotopic (exact) mass is 362 g/mol. The molecule has 0 spiro atoms. The molecule has 114 valence electrons. The van der Waals surface area contributed by atoms with Crippen molar-refractivity contribution in [1.29, 1.82) is 0 Å². The Hall–Kier alpha value is -2.34. The van der Waals surface area contributed by atoms with Crippen LogP contribution < -0.4 is 10.6 Å². The van der Waals surface area contributed by atoms with Gasteiger partial charge in [0.15, 0.2) is 0 Å². The Labute approximate surface area is 136 Å². The van der Waals surface area contributed by atoms with Crippen molar-refractivity contribution >= 4 is 33.4 Å². The van der Waals surface area contributed by atoms with E-state index < -0.39 is 5.91 Å². The highest BCUT2D eigenvalue weighted by Gasteiger charge is 2.11. The fraction of sp³-hybridized carbons (Fsp3) is 0.125. The number of phenolic OH excluding ortho intramolecular Hbond substituents is 1. The average Bonchev–Trinajstić information content (AvgIpc) is 2.48. The molecule has 0 radical (unpaired) electrons. The Bertz CT molecular complexity index is 716. The number of phenols is 1. The summed E-state index contributed by atoms with van der Waals surface area (Å²) in [7, 11) is 0. The van der Waals surface area contributed by atoms with Crippen molar-refractivity contribution in [2.45, 2.75) is 6.92 Å². The number of carbonyl (C=O) groups excluding carboxylic acids is 2. The summed E-state index contributed by atoms with van der Waals surface area (Å²) in [4.78, 5) is 23.8. The van der Waals surface area contributed by atoms with Gasteiger partial charge in [0.1, 0.15) is 5.75 Å². The van der Waals surface area contributed by atoms with E-state index in [1.165, 1.54) is 0 Å². The van der Waals surface area contributed by atoms with Gasteiger partial charge in [-0.1, -0.05) is 18.2 Å². The maximum absolute atomic E-state index is 12.0. The highest BCUT2D eigenvalue weighted by Crippen LogP contribution is 2.23. The predicted octanol–water partition coefficient (Wildman–Crippen LogP) is 2.83. The molecular weight excluding hydrogens is 348 g/mol. The van der Waals surface area contributed by atoms with Gasteiger partial charge in [-0.25, -0.2) is 0 Å². The number of hydrogen-bond acceptors (Lipinski definition) is 3. The lowest BCUT2D eigenvalue weighted by atomic mass is 10.2. The van der Waals surface area contributed by atoms with Crippen LogP contribution in [0.1, 0.15) is 15.9 Å². The van der Waals surface area contributed by atoms with Crippen LogP contribution in [-0.4, -0.2) is 23.5 Å². The van der Waals surface area contributed by atoms with Crippen molar-refractivity contribution in [3.05, 3.63) is 58.1 Å². The van der Waals surface area contributed by atoms with Gasteiger partial charge in [0.2, 0.25) is 5.91 Å². The summed E-state index contributed by atoms with van der Waals surface area (Å²) in [5.74, 6) is -0.777. The number of hydrogen-bond donors (Lipinski definition) is 3. The van der Waals surface area contributed by atoms with Crippen LogP contribution in [0, 0.1) is 6.92 Å². The van der Waals surface area contributed by atoms with Crippen LogP contribution >= 0.6 is 15.9 Å². The normalized spacial score (nSPS) is 10.1. The third-order valence-electron chi connectivity index (χ3n) is 2.96. The van der Waals surface area contributed by atoms with Crippen molar-refractivity contribution in [3.63, 3.8) is 0 Å². The number of amides is 2. The van der Waals surface area contributed by atoms with E-state index >= 15 is 0 Å². The van der Waals surface area contributed by atoms with E-state index in [0.29, 0.717) is 15.7 Å². The van der Waals surface area contributed by atoms with E-state index in [4.69, 9.17) is 0 Å². The minimum Gasteiger partial charge on any atom is -0.506 e. The molecule has 5 nitrogen and oxygen atoms in total. The molecule has 6 heteroatoms. The minimum absolute atomic E-state index is 0.00881. The lowest BCUT2D eigenvalue weighted by Gasteiger charge is -2.09. The Morgan fingerprint density at radius 1 is 1.18 bits per heavy atom. The molecule has 2 aromatic carbocycles. The van der Waals surface area contributed by atoms with Gasteiger partial charge >= 0.3 is 0 Å². The molecule has 2 amide bonds. The maximum Gasteiger partial charge on any atom is 0.252 e. The molecule has 3 N–H and O–H groups in total. The lowest BCUT2D eigenvalue weighted by Crippen LogP contribution is -2.33. The van der Waals surface area contributed by atoms with Crippen molar-refractivity contribution in [2.75, 3.05) is 11.9 Å². The summed E-state index contributed by atoms with van der Waals surface area (Å²) in [6, 6.07) is 11.9. The molecule has 0 saturated carbocycles. The Kier molecular flexibility index (Phi) is 5.16. The van der Waals surface area contributed by atoms with Gasteiger partial charge < -0.3 is 15.7 Å². The molecule has 0 saturated heterocycles. The first-order chi connectivity index (χ1) is 10.5. The second-order valence-electron chi connectivity index (χ2n) is 4.73. The van der Waals surface area contributed by atoms with Crippen molar-refractivity contribution in [2.24, 2.45) is 0 Å². The molecule has 0 unspecified atom stereocenters. The number of aryl methyl sites for hydroxylation is 1. The number of anilines is 1. The van der Waals surface area contributed by atoms with Gasteiger partial charge in [-0.05, 0) is 52.7 Å². The largest absolute Gasteiger partial charge is 0.506 e. The Morgan fingerprint density at radius 3 is 2.59 bits per heavy atom. The minimum atomic E-state index is -0.417. The summed E-state index contributed by atoms with van der Waals surface area (Å²) in [6.07, 6.45) is 0. The van der Waals surface area contributed by atoms with Gasteiger partial charge in [-0.2, -0.15) is 0 Å². The van der Waals surface area contributed by atoms with Crippen LogP contribution in [0.3, 0.4) is 0 Å². The topological polar surface area (TPSA) is 78.4 Å². The van der Waals surface area contributed by atoms with Gasteiger partial charge in [0, 0.05) is 4.47 Å². The highest BCUT2D eigenvalue weighted by atomic mass is 79.9. The lowest BCUT2D eigenvalue weighted by molar-refractivity contribution is -0.115. The quantitative estimate of drug-likeness (QED) is 0.731. The summed E-state index contributed by atoms with van der Waals surface area (Å²) < 4.78 is 0.657. The molecule has 0 atom stereocenters. The summed E-state index contributed by atoms with van der Waals surface area (Å²) in [6.45, 7) is 1.65. The number of rotatable bonds is 4. The number of aromatic hydroxyl groups is 1. The molecule has 0 aliphatic carbocycles. The zero-order valence-corrected chi connectivity index (χ0v) is 13.5. The van der Waals surface area contributed by atoms with Crippen molar-refractivity contribution in [1.82, 2.24) is 5.32 Å². The van der Waals surface area contributed by atoms with Crippen LogP contribution in [0.4, 0.5) is 5.69 Å². The standard InChI is InChI=1S/C16H15BrN2O3/c1-10-6-7-13(14(20)8-10)19-15(21)9-18-16(22)11-4-2-3-5-12(11)17/h2-8,20H,9H2,1H3,(H,18,22)(H,19,21). The Balaban J connectivity index is 1.93. The van der Waals surface area contributed by atoms with Crippen LogP contribution in [-0.2, 0) is 4.79 Å². The first-order valence-electron chi connectivity index (χ1n) is 6.59. The zero-order chi connectivity index (χ0) is 16.1. The zero-order valence-electron chi connectivity index (χ0n) is 11.9.